The van der Waals surface area contributed by atoms with Crippen molar-refractivity contribution in [3.8, 4) is 0 Å². The molecule has 2 heterocycles. The summed E-state index contributed by atoms with van der Waals surface area (Å²) in [5.41, 5.74) is -1.73. The smallest absolute Gasteiger partial charge is 0.744 e. The summed E-state index contributed by atoms with van der Waals surface area (Å²) in [7, 11) is -31.5. The molecule has 0 saturated carbocycles. The van der Waals surface area contributed by atoms with Gasteiger partial charge in [-0.2, -0.15) is 29.9 Å². The molecule has 432 valence electrons. The predicted octanol–water partition coefficient (Wildman–Crippen LogP) is -14.4. The van der Waals surface area contributed by atoms with Gasteiger partial charge in [0.15, 0.2) is 0 Å². The predicted molar refractivity (Wildman–Crippen MR) is 280 cm³/mol. The van der Waals surface area contributed by atoms with E-state index in [2.05, 4.69) is 40.5 Å². The fraction of sp³-hybridized carbons (Fsp3) is 0.304. The molecule has 0 atom stereocenters. The van der Waals surface area contributed by atoms with Gasteiger partial charge in [0, 0.05) is 44.7 Å². The van der Waals surface area contributed by atoms with E-state index in [4.69, 9.17) is 0 Å². The first-order chi connectivity index (χ1) is 37.2. The van der Waals surface area contributed by atoms with E-state index >= 15 is 0 Å². The van der Waals surface area contributed by atoms with Crippen LogP contribution in [-0.4, -0.2) is 134 Å². The molecule has 28 nitrogen and oxygen atoms in total. The molecule has 0 radical (unpaired) electrons. The van der Waals surface area contributed by atoms with E-state index in [0.717, 1.165) is 30.4 Å². The quantitative estimate of drug-likeness (QED) is 0.0289. The first-order valence-corrected chi connectivity index (χ1v) is 32.2. The van der Waals surface area contributed by atoms with E-state index in [-0.39, 0.29) is 236 Å². The molecule has 2 aromatic heterocycles. The van der Waals surface area contributed by atoms with Crippen LogP contribution in [-0.2, 0) is 73.6 Å². The molecule has 0 spiro atoms. The first-order valence-electron chi connectivity index (χ1n) is 23.7. The van der Waals surface area contributed by atoms with Gasteiger partial charge in [-0.05, 0) is 103 Å². The largest absolute Gasteiger partial charge is 1.00 e. The zero-order valence-corrected chi connectivity index (χ0v) is 65.4. The van der Waals surface area contributed by atoms with Crippen LogP contribution in [0.1, 0.15) is 87.3 Å². The number of benzene rings is 4. The summed E-state index contributed by atoms with van der Waals surface area (Å²) in [6, 6.07) is 10.7. The molecule has 0 unspecified atom stereocenters. The van der Waals surface area contributed by atoms with Crippen LogP contribution in [0.5, 0.6) is 0 Å². The Hall–Kier alpha value is -0.700. The van der Waals surface area contributed by atoms with Crippen molar-refractivity contribution in [1.29, 1.82) is 0 Å². The van der Waals surface area contributed by atoms with Gasteiger partial charge in [-0.1, -0.05) is 58.0 Å². The number of rotatable bonds is 26. The summed E-state index contributed by atoms with van der Waals surface area (Å²) in [5.74, 6) is -1.10. The number of aromatic nitrogens is 6. The van der Waals surface area contributed by atoms with Crippen molar-refractivity contribution in [2.75, 3.05) is 46.6 Å². The van der Waals surface area contributed by atoms with Crippen LogP contribution < -0.4 is 198 Å². The molecule has 0 saturated heterocycles. The van der Waals surface area contributed by atoms with Crippen molar-refractivity contribution < 1.29 is 255 Å². The third kappa shape index (κ3) is 24.3. The summed E-state index contributed by atoms with van der Waals surface area (Å²) in [5, 5.41) is 5.24. The summed E-state index contributed by atoms with van der Waals surface area (Å²) in [6.45, 7) is 8.97. The second-order valence-electron chi connectivity index (χ2n) is 17.4. The minimum atomic E-state index is -5.37. The van der Waals surface area contributed by atoms with Gasteiger partial charge in [-0.15, -0.1) is 0 Å². The maximum absolute atomic E-state index is 12.8. The molecule has 0 fully saturated rings. The molecule has 0 amide bonds. The SMILES string of the molecule is CCCN(CCC)c1nc(Cc2cc(S(=O)(=O)[O-])ccc2S(=O)(=O)[O-])nc(Nc2ccc(/C=C/c3ccc(Cc4nc(Nc5cc(S(=O)(=O)[O-])ccc5S(=O)(=O)[O-])nc(N(CCC)CCC)n4)cc3S(=O)(=O)[O-])c(S(=O)(=O)[O-])c2)n1.[Na+].[Na+].[Na+].[Na+].[Na+].[Na+]. The van der Waals surface area contributed by atoms with E-state index in [0.29, 0.717) is 88.3 Å². The van der Waals surface area contributed by atoms with Gasteiger partial charge in [0.25, 0.3) is 0 Å². The van der Waals surface area contributed by atoms with E-state index in [1.54, 1.807) is 9.80 Å². The van der Waals surface area contributed by atoms with Crippen LogP contribution in [0, 0.1) is 0 Å². The third-order valence-corrected chi connectivity index (χ3v) is 16.5. The average Bonchev–Trinajstić information content (AvgIpc) is 3.34. The standard InChI is InChI=1S/C46H54N10O18S6.6Na/c1-5-19-55(20-6-2)45-51-41(49-44(54-45)48-36-28-35(76(60,61)62)16-18-38(36)78(66,67)68)24-29-9-10-30(39(23-29)79(69,70)71)11-12-31-13-14-33(27-40(31)80(72,73)74)47-43-50-42(52-46(53-43)56(21-7-3)22-8-4)26-32-25-34(75(57,58)59)15-17-37(32)77(63,64)65;;;;;;/h9-18,23,25,27-28H,5-8,19-22,24,26H2,1-4H3,(H,57,58,59)(H,60,61,62)(H,63,64,65)(H,66,67,68)(H,69,70,71)(H,72,73,74)(H,47,50,52,53)(H,48,49,51,54);;;;;;/q;6*+1/p-6/b12-11+;;;;;;. The number of hydrogen-bond acceptors (Lipinski definition) is 28. The van der Waals surface area contributed by atoms with Crippen molar-refractivity contribution >= 4 is 108 Å². The molecule has 6 aromatic rings. The minimum Gasteiger partial charge on any atom is -0.744 e. The molecule has 40 heteroatoms. The van der Waals surface area contributed by atoms with Gasteiger partial charge < -0.3 is 47.7 Å². The first kappa shape index (κ1) is 85.3. The summed E-state index contributed by atoms with van der Waals surface area (Å²) in [6.07, 6.45) is 3.45. The summed E-state index contributed by atoms with van der Waals surface area (Å²) in [4.78, 5) is 24.4. The second kappa shape index (κ2) is 36.1. The summed E-state index contributed by atoms with van der Waals surface area (Å²) < 4.78 is 221. The van der Waals surface area contributed by atoms with Crippen LogP contribution >= 0.6 is 0 Å². The average molecular weight is 1360 g/mol. The van der Waals surface area contributed by atoms with Gasteiger partial charge in [-0.25, -0.2) is 50.5 Å². The van der Waals surface area contributed by atoms with Crippen molar-refractivity contribution in [3.05, 3.63) is 107 Å². The molecule has 0 aliphatic rings. The van der Waals surface area contributed by atoms with Gasteiger partial charge >= 0.3 is 177 Å². The van der Waals surface area contributed by atoms with Crippen LogP contribution in [0.2, 0.25) is 0 Å². The van der Waals surface area contributed by atoms with Gasteiger partial charge in [0.2, 0.25) is 23.8 Å². The van der Waals surface area contributed by atoms with E-state index in [9.17, 15) is 77.8 Å². The monoisotopic (exact) mass is 1360 g/mol. The van der Waals surface area contributed by atoms with Crippen molar-refractivity contribution in [2.24, 2.45) is 0 Å². The number of nitrogens with one attached hydrogen (secondary N) is 2. The van der Waals surface area contributed by atoms with Crippen LogP contribution in [0.3, 0.4) is 0 Å². The Kier molecular flexibility index (Phi) is 35.8. The van der Waals surface area contributed by atoms with Crippen LogP contribution in [0.4, 0.5) is 35.2 Å². The fourth-order valence-electron chi connectivity index (χ4n) is 7.94. The molecule has 0 aliphatic carbocycles. The Morgan fingerprint density at radius 3 is 1.23 bits per heavy atom. The Bertz CT molecular complexity index is 3820. The molecule has 0 aliphatic heterocycles. The van der Waals surface area contributed by atoms with E-state index in [1.165, 1.54) is 18.2 Å². The van der Waals surface area contributed by atoms with Gasteiger partial charge in [0.1, 0.15) is 72.4 Å². The normalized spacial score (nSPS) is 11.8. The Morgan fingerprint density at radius 2 is 0.802 bits per heavy atom. The maximum Gasteiger partial charge on any atom is 1.00 e. The second-order valence-corrected chi connectivity index (χ2v) is 25.6. The Morgan fingerprint density at radius 1 is 0.407 bits per heavy atom. The number of anilines is 6. The maximum atomic E-state index is 12.8. The van der Waals surface area contributed by atoms with Crippen LogP contribution in [0.15, 0.2) is 102 Å². The van der Waals surface area contributed by atoms with E-state index < -0.39 is 114 Å². The number of nitrogens with zero attached hydrogens (tertiary/aromatic N) is 8. The molecule has 6 rings (SSSR count). The molecule has 4 aromatic carbocycles. The van der Waals surface area contributed by atoms with Crippen molar-refractivity contribution in [3.63, 3.8) is 0 Å². The summed E-state index contributed by atoms with van der Waals surface area (Å²) >= 11 is 0. The van der Waals surface area contributed by atoms with Crippen molar-refractivity contribution in [2.45, 2.75) is 95.6 Å². The van der Waals surface area contributed by atoms with Crippen LogP contribution in [0.25, 0.3) is 12.2 Å². The van der Waals surface area contributed by atoms with Gasteiger partial charge in [-0.3, -0.25) is 0 Å². The molecular formula is C46H48N10Na6O18S6. The minimum absolute atomic E-state index is 0. The number of hydrogen-bond donors (Lipinski definition) is 2. The molecule has 86 heavy (non-hydrogen) atoms. The zero-order valence-electron chi connectivity index (χ0n) is 48.5. The fourth-order valence-corrected chi connectivity index (χ4v) is 11.7. The Balaban J connectivity index is 0.0000120. The topological polar surface area (TPSA) is 451 Å². The molecular weight excluding hydrogens is 1310 g/mol. The Labute approximate surface area is 632 Å². The van der Waals surface area contributed by atoms with Gasteiger partial charge in [0.05, 0.1) is 35.1 Å². The molecule has 2 N–H and O–H groups in total. The third-order valence-electron chi connectivity index (χ3n) is 11.3. The van der Waals surface area contributed by atoms with E-state index in [1.807, 2.05) is 27.7 Å². The zero-order chi connectivity index (χ0) is 59.2. The van der Waals surface area contributed by atoms with Crippen molar-refractivity contribution in [1.82, 2.24) is 29.9 Å². The molecule has 0 bridgehead atoms.